The molecule has 1 atom stereocenters. The minimum atomic E-state index is -0.935. The molecular formula is C30H24ClN3O4S2. The van der Waals surface area contributed by atoms with Gasteiger partial charge in [0.15, 0.2) is 4.34 Å². The fraction of sp³-hybridized carbons (Fsp3) is 0.133. The van der Waals surface area contributed by atoms with Crippen molar-refractivity contribution in [2.75, 3.05) is 11.5 Å². The fourth-order valence-corrected chi connectivity index (χ4v) is 6.17. The van der Waals surface area contributed by atoms with Crippen molar-refractivity contribution < 1.29 is 19.4 Å². The highest BCUT2D eigenvalue weighted by molar-refractivity contribution is 8.00. The Morgan fingerprint density at radius 3 is 2.60 bits per heavy atom. The molecule has 0 spiro atoms. The first-order valence-corrected chi connectivity index (χ1v) is 14.5. The Labute approximate surface area is 244 Å². The molecule has 1 amide bonds. The third-order valence-electron chi connectivity index (χ3n) is 6.19. The average molecular weight is 590 g/mol. The summed E-state index contributed by atoms with van der Waals surface area (Å²) in [6, 6.07) is 20.7. The number of aliphatic hydroxyl groups is 1. The van der Waals surface area contributed by atoms with Crippen LogP contribution in [0.3, 0.4) is 0 Å². The first-order valence-electron chi connectivity index (χ1n) is 12.3. The van der Waals surface area contributed by atoms with E-state index < -0.39 is 17.7 Å². The summed E-state index contributed by atoms with van der Waals surface area (Å²) < 4.78 is 6.34. The Balaban J connectivity index is 1.54. The van der Waals surface area contributed by atoms with Crippen LogP contribution in [0.1, 0.15) is 28.3 Å². The summed E-state index contributed by atoms with van der Waals surface area (Å²) >= 11 is 8.65. The van der Waals surface area contributed by atoms with E-state index in [9.17, 15) is 14.7 Å². The zero-order valence-electron chi connectivity index (χ0n) is 21.4. The summed E-state index contributed by atoms with van der Waals surface area (Å²) in [5, 5.41) is 20.8. The number of hydrogen-bond acceptors (Lipinski definition) is 8. The van der Waals surface area contributed by atoms with Crippen LogP contribution in [0.15, 0.2) is 95.4 Å². The summed E-state index contributed by atoms with van der Waals surface area (Å²) in [5.41, 5.74) is 3.04. The number of aliphatic hydroxyl groups excluding tert-OH is 1. The molecule has 1 unspecified atom stereocenters. The van der Waals surface area contributed by atoms with Crippen molar-refractivity contribution in [3.05, 3.63) is 118 Å². The van der Waals surface area contributed by atoms with Crippen molar-refractivity contribution in [2.24, 2.45) is 0 Å². The number of nitrogens with zero attached hydrogens (tertiary/aromatic N) is 3. The second-order valence-corrected chi connectivity index (χ2v) is 11.6. The van der Waals surface area contributed by atoms with Gasteiger partial charge in [0.2, 0.25) is 5.13 Å². The number of benzene rings is 3. The van der Waals surface area contributed by atoms with Gasteiger partial charge in [-0.25, -0.2) is 0 Å². The fourth-order valence-electron chi connectivity index (χ4n) is 4.23. The molecule has 1 N–H and O–H groups in total. The molecule has 0 bridgehead atoms. The van der Waals surface area contributed by atoms with Crippen molar-refractivity contribution in [2.45, 2.75) is 23.1 Å². The van der Waals surface area contributed by atoms with E-state index in [0.29, 0.717) is 32.0 Å². The number of ketones is 1. The second kappa shape index (κ2) is 12.1. The van der Waals surface area contributed by atoms with Gasteiger partial charge >= 0.3 is 5.91 Å². The molecule has 1 aliphatic rings. The standard InChI is InChI=1S/C30H24ClN3O4S2/c1-3-15-38-23-6-4-5-21(16-23)25-24(26(35)20-11-7-18(2)8-12-20)27(36)28(37)34(25)29-32-33-30(40-29)39-17-19-9-13-22(31)14-10-19/h3-14,16,25,35H,1,15,17H2,2H3/b26-24+. The number of carbonyl (C=O) groups excluding carboxylic acids is 2. The Kier molecular flexibility index (Phi) is 8.35. The third kappa shape index (κ3) is 5.82. The van der Waals surface area contributed by atoms with E-state index in [1.165, 1.54) is 28.0 Å². The second-order valence-electron chi connectivity index (χ2n) is 8.97. The number of Topliss-reactive ketones (excluding diaryl/α,β-unsaturated/α-hetero) is 1. The van der Waals surface area contributed by atoms with Crippen molar-refractivity contribution >= 4 is 57.3 Å². The van der Waals surface area contributed by atoms with Gasteiger partial charge in [0.25, 0.3) is 5.78 Å². The minimum absolute atomic E-state index is 0.0275. The number of hydrogen-bond donors (Lipinski definition) is 1. The number of aromatic nitrogens is 2. The molecule has 3 aromatic carbocycles. The Bertz CT molecular complexity index is 1600. The van der Waals surface area contributed by atoms with Crippen LogP contribution >= 0.6 is 34.7 Å². The van der Waals surface area contributed by atoms with Crippen LogP contribution in [0, 0.1) is 6.92 Å². The van der Waals surface area contributed by atoms with Gasteiger partial charge in [0.05, 0.1) is 11.6 Å². The molecular weight excluding hydrogens is 566 g/mol. The summed E-state index contributed by atoms with van der Waals surface area (Å²) in [4.78, 5) is 28.2. The summed E-state index contributed by atoms with van der Waals surface area (Å²) in [7, 11) is 0. The quantitative estimate of drug-likeness (QED) is 0.0562. The topological polar surface area (TPSA) is 92.6 Å². The van der Waals surface area contributed by atoms with Gasteiger partial charge < -0.3 is 9.84 Å². The first kappa shape index (κ1) is 27.6. The normalized spacial score (nSPS) is 16.4. The van der Waals surface area contributed by atoms with Gasteiger partial charge in [-0.2, -0.15) is 0 Å². The first-order chi connectivity index (χ1) is 19.4. The van der Waals surface area contributed by atoms with Crippen LogP contribution in [0.5, 0.6) is 5.75 Å². The predicted octanol–water partition coefficient (Wildman–Crippen LogP) is 6.98. The van der Waals surface area contributed by atoms with E-state index in [0.717, 1.165) is 11.1 Å². The molecule has 7 nitrogen and oxygen atoms in total. The van der Waals surface area contributed by atoms with Gasteiger partial charge in [-0.05, 0) is 42.3 Å². The molecule has 1 saturated heterocycles. The van der Waals surface area contributed by atoms with Gasteiger partial charge in [0.1, 0.15) is 18.1 Å². The molecule has 202 valence electrons. The zero-order chi connectivity index (χ0) is 28.2. The van der Waals surface area contributed by atoms with Crippen molar-refractivity contribution in [3.8, 4) is 5.75 Å². The highest BCUT2D eigenvalue weighted by Crippen LogP contribution is 2.44. The number of halogens is 1. The van der Waals surface area contributed by atoms with Crippen LogP contribution in [0.2, 0.25) is 5.02 Å². The van der Waals surface area contributed by atoms with Crippen molar-refractivity contribution in [3.63, 3.8) is 0 Å². The maximum Gasteiger partial charge on any atom is 0.301 e. The lowest BCUT2D eigenvalue weighted by Crippen LogP contribution is -2.29. The Morgan fingerprint density at radius 2 is 1.88 bits per heavy atom. The summed E-state index contributed by atoms with van der Waals surface area (Å²) in [6.07, 6.45) is 1.63. The Hall–Kier alpha value is -3.92. The van der Waals surface area contributed by atoms with E-state index in [-0.39, 0.29) is 23.1 Å². The van der Waals surface area contributed by atoms with E-state index in [1.54, 1.807) is 42.5 Å². The molecule has 1 fully saturated rings. The third-order valence-corrected chi connectivity index (χ3v) is 8.57. The lowest BCUT2D eigenvalue weighted by molar-refractivity contribution is -0.132. The SMILES string of the molecule is C=CCOc1cccc(C2/C(=C(\O)c3ccc(C)cc3)C(=O)C(=O)N2c2nnc(SCc3ccc(Cl)cc3)s2)c1. The maximum absolute atomic E-state index is 13.5. The predicted molar refractivity (Wildman–Crippen MR) is 159 cm³/mol. The number of carbonyl (C=O) groups is 2. The Morgan fingerprint density at radius 1 is 1.12 bits per heavy atom. The number of ether oxygens (including phenoxy) is 1. The van der Waals surface area contributed by atoms with Crippen molar-refractivity contribution in [1.29, 1.82) is 0 Å². The molecule has 40 heavy (non-hydrogen) atoms. The molecule has 2 heterocycles. The number of amides is 1. The highest BCUT2D eigenvalue weighted by Gasteiger charge is 2.48. The van der Waals surface area contributed by atoms with Gasteiger partial charge in [-0.3, -0.25) is 14.5 Å². The van der Waals surface area contributed by atoms with Gasteiger partial charge in [-0.15, -0.1) is 10.2 Å². The highest BCUT2D eigenvalue weighted by atomic mass is 35.5. The lowest BCUT2D eigenvalue weighted by atomic mass is 9.95. The number of thioether (sulfide) groups is 1. The molecule has 0 radical (unpaired) electrons. The van der Waals surface area contributed by atoms with Crippen LogP contribution < -0.4 is 9.64 Å². The van der Waals surface area contributed by atoms with Gasteiger partial charge in [-0.1, -0.05) is 101 Å². The molecule has 1 aromatic heterocycles. The zero-order valence-corrected chi connectivity index (χ0v) is 23.8. The summed E-state index contributed by atoms with van der Waals surface area (Å²) in [6.45, 7) is 5.89. The molecule has 0 aliphatic carbocycles. The monoisotopic (exact) mass is 589 g/mol. The van der Waals surface area contributed by atoms with Crippen LogP contribution in [0.4, 0.5) is 5.13 Å². The molecule has 0 saturated carbocycles. The van der Waals surface area contributed by atoms with Crippen molar-refractivity contribution in [1.82, 2.24) is 10.2 Å². The van der Waals surface area contributed by atoms with E-state index in [2.05, 4.69) is 16.8 Å². The summed E-state index contributed by atoms with van der Waals surface area (Å²) in [5.74, 6) is -0.683. The smallest absolute Gasteiger partial charge is 0.301 e. The largest absolute Gasteiger partial charge is 0.507 e. The molecule has 4 aromatic rings. The number of rotatable bonds is 9. The lowest BCUT2D eigenvalue weighted by Gasteiger charge is -2.23. The van der Waals surface area contributed by atoms with Crippen LogP contribution in [-0.2, 0) is 15.3 Å². The van der Waals surface area contributed by atoms with E-state index in [1.807, 2.05) is 43.3 Å². The van der Waals surface area contributed by atoms with E-state index in [4.69, 9.17) is 16.3 Å². The molecule has 5 rings (SSSR count). The number of anilines is 1. The van der Waals surface area contributed by atoms with Crippen LogP contribution in [0.25, 0.3) is 5.76 Å². The average Bonchev–Trinajstić information content (AvgIpc) is 3.53. The van der Waals surface area contributed by atoms with Gasteiger partial charge in [0, 0.05) is 16.3 Å². The number of aryl methyl sites for hydroxylation is 1. The molecule has 1 aliphatic heterocycles. The maximum atomic E-state index is 13.5. The minimum Gasteiger partial charge on any atom is -0.507 e. The molecule has 10 heteroatoms. The van der Waals surface area contributed by atoms with E-state index >= 15 is 0 Å². The van der Waals surface area contributed by atoms with Crippen LogP contribution in [-0.4, -0.2) is 33.6 Å².